The number of aromatic nitrogens is 10. The molecule has 0 fully saturated rings. The van der Waals surface area contributed by atoms with Crippen molar-refractivity contribution >= 4 is 155 Å². The van der Waals surface area contributed by atoms with Crippen molar-refractivity contribution in [2.24, 2.45) is 9.98 Å². The van der Waals surface area contributed by atoms with Crippen LogP contribution in [0.15, 0.2) is 140 Å². The molecule has 504 valence electrons. The number of fused-ring (bicyclic) bond motifs is 8. The van der Waals surface area contributed by atoms with E-state index in [0.717, 1.165) is 120 Å². The molecular formula is C71H65Cl2N15O5S6. The molecule has 2 aliphatic heterocycles. The van der Waals surface area contributed by atoms with E-state index in [9.17, 15) is 24.3 Å². The zero-order valence-electron chi connectivity index (χ0n) is 54.9. The summed E-state index contributed by atoms with van der Waals surface area (Å²) < 4.78 is 4.00. The number of benzene rings is 4. The highest BCUT2D eigenvalue weighted by molar-refractivity contribution is 7.99. The van der Waals surface area contributed by atoms with Gasteiger partial charge in [0.1, 0.15) is 39.5 Å². The van der Waals surface area contributed by atoms with E-state index >= 15 is 0 Å². The standard InChI is InChI=1S/C36H32ClN7O2S3.C19H17ClN4O2S.C16H16N4OS2/c1-19-20(2)49-36-31(19)33(23-5-7-26(37)8-6-23)41-28(34-43-42-21(3)44(34)36)17-27(45)14-22-13-24-16-25(18-40-32(24)29(15-22)47-4)35(46)39-10-9-30-38-11-12-48-30;1-9-10(2)27-19-16(9)17(12-4-6-13(20)7-5-12)21-14(8-15(25)26)18-23-22-11(3)24(18)19;1-22-13-8-12(17)7-10-6-11(9-20-15(10)13)16(21)19-3-2-14-18-4-5-23-14/h5-8,11-13,15-16,18,28H,9-10,14,17H2,1-4H3,(H,39,46);4-7,14H,8H2,1-3H3,(H,25,26);4-9H,2-3,17H2,1H3,(H,19,21)/t28-;14-;/m00./s1. The fourth-order valence-corrected chi connectivity index (χ4v) is 16.8. The number of amides is 2. The van der Waals surface area contributed by atoms with Gasteiger partial charge in [0.05, 0.1) is 50.0 Å². The molecule has 8 aromatic heterocycles. The van der Waals surface area contributed by atoms with E-state index in [4.69, 9.17) is 38.9 Å². The van der Waals surface area contributed by atoms with Crippen LogP contribution in [0.2, 0.25) is 10.0 Å². The van der Waals surface area contributed by atoms with Crippen LogP contribution in [0.3, 0.4) is 0 Å². The number of thioether (sulfide) groups is 2. The number of carbonyl (C=O) groups excluding carboxylic acids is 3. The number of carbonyl (C=O) groups is 4. The SMILES string of the molecule is CSc1cc(CC(=O)C[C@@H]2N=C(c3ccc(Cl)cc3)c3c(sc(C)c3C)-n3c(C)nnc32)cc2cc(C(=O)NCCc3nccs3)cnc12.CSc1cc(N)cc2cc(C(=O)NCCc3nccs3)cnc12.Cc1sc2c(c1C)C(c1ccc(Cl)cc1)=N[C@@H](CC(=O)O)c1nnc(C)n1-2. The Balaban J connectivity index is 0.000000156. The number of rotatable bonds is 18. The predicted octanol–water partition coefficient (Wildman–Crippen LogP) is 14.9. The van der Waals surface area contributed by atoms with Gasteiger partial charge in [-0.25, -0.2) is 9.97 Å². The Hall–Kier alpha value is -8.86. The summed E-state index contributed by atoms with van der Waals surface area (Å²) in [5, 5.41) is 43.5. The number of ketones is 1. The maximum absolute atomic E-state index is 13.9. The second kappa shape index (κ2) is 30.7. The maximum atomic E-state index is 13.9. The third-order valence-corrected chi connectivity index (χ3v) is 22.7. The number of carboxylic acid groups (broad SMARTS) is 1. The lowest BCUT2D eigenvalue weighted by Gasteiger charge is -2.13. The van der Waals surface area contributed by atoms with Gasteiger partial charge in [0.2, 0.25) is 0 Å². The highest BCUT2D eigenvalue weighted by Crippen LogP contribution is 2.42. The quantitative estimate of drug-likeness (QED) is 0.0459. The fraction of sp³-hybridized carbons (Fsp3) is 0.239. The van der Waals surface area contributed by atoms with Crippen LogP contribution < -0.4 is 16.4 Å². The number of pyridine rings is 2. The summed E-state index contributed by atoms with van der Waals surface area (Å²) in [7, 11) is 0. The van der Waals surface area contributed by atoms with E-state index < -0.39 is 18.1 Å². The number of aliphatic imine (C=N–C) groups is 2. The number of hydrogen-bond acceptors (Lipinski definition) is 21. The van der Waals surface area contributed by atoms with Gasteiger partial charge in [-0.1, -0.05) is 47.5 Å². The van der Waals surface area contributed by atoms with Gasteiger partial charge in [0, 0.05) is 143 Å². The van der Waals surface area contributed by atoms with Gasteiger partial charge < -0.3 is 21.5 Å². The summed E-state index contributed by atoms with van der Waals surface area (Å²) in [5.41, 5.74) is 17.8. The molecule has 0 radical (unpaired) electrons. The summed E-state index contributed by atoms with van der Waals surface area (Å²) in [5.74, 6) is 1.43. The lowest BCUT2D eigenvalue weighted by molar-refractivity contribution is -0.137. The highest BCUT2D eigenvalue weighted by atomic mass is 35.5. The van der Waals surface area contributed by atoms with Crippen molar-refractivity contribution in [2.45, 2.75) is 95.5 Å². The lowest BCUT2D eigenvalue weighted by atomic mass is 9.99. The highest BCUT2D eigenvalue weighted by Gasteiger charge is 2.35. The van der Waals surface area contributed by atoms with Gasteiger partial charge in [0.25, 0.3) is 11.8 Å². The number of halogens is 2. The number of Topliss-reactive ketones (excluding diaryl/α,β-unsaturated/α-hetero) is 1. The Morgan fingerprint density at radius 3 is 1.48 bits per heavy atom. The number of thiophene rings is 2. The number of aliphatic carboxylic acids is 1. The number of anilines is 1. The van der Waals surface area contributed by atoms with Crippen LogP contribution in [-0.4, -0.2) is 115 Å². The van der Waals surface area contributed by atoms with E-state index in [-0.39, 0.29) is 36.9 Å². The minimum Gasteiger partial charge on any atom is -0.481 e. The lowest BCUT2D eigenvalue weighted by Crippen LogP contribution is -2.25. The molecule has 0 saturated carbocycles. The number of nitrogens with two attached hydrogens (primary N) is 1. The first-order valence-corrected chi connectivity index (χ1v) is 37.8. The molecular weight excluding hydrogens is 1410 g/mol. The second-order valence-corrected chi connectivity index (χ2v) is 30.2. The van der Waals surface area contributed by atoms with Crippen molar-refractivity contribution in [1.82, 2.24) is 60.1 Å². The topological polar surface area (TPSA) is 276 Å². The molecule has 2 aliphatic rings. The average Bonchev–Trinajstić information content (AvgIpc) is 1.60. The largest absolute Gasteiger partial charge is 0.481 e. The number of carboxylic acids is 1. The van der Waals surface area contributed by atoms with Crippen LogP contribution in [0.25, 0.3) is 31.8 Å². The summed E-state index contributed by atoms with van der Waals surface area (Å²) in [6.07, 6.45) is 12.3. The van der Waals surface area contributed by atoms with Crippen molar-refractivity contribution in [3.8, 4) is 10.0 Å². The number of nitrogen functional groups attached to an aromatic ring is 1. The molecule has 0 spiro atoms. The Bertz CT molecular complexity index is 5100. The minimum atomic E-state index is -0.926. The third kappa shape index (κ3) is 15.5. The molecule has 10 heterocycles. The van der Waals surface area contributed by atoms with Gasteiger partial charge in [0.15, 0.2) is 11.6 Å². The van der Waals surface area contributed by atoms with Crippen molar-refractivity contribution < 1.29 is 24.3 Å². The van der Waals surface area contributed by atoms with E-state index in [2.05, 4.69) is 83.2 Å². The Morgan fingerprint density at radius 1 is 0.586 bits per heavy atom. The van der Waals surface area contributed by atoms with Crippen molar-refractivity contribution in [1.29, 1.82) is 0 Å². The van der Waals surface area contributed by atoms with Gasteiger partial charge in [-0.3, -0.25) is 48.3 Å². The number of thiazole rings is 2. The van der Waals surface area contributed by atoms with Gasteiger partial charge in [-0.2, -0.15) is 0 Å². The molecule has 0 unspecified atom stereocenters. The van der Waals surface area contributed by atoms with E-state index in [0.29, 0.717) is 58.0 Å². The summed E-state index contributed by atoms with van der Waals surface area (Å²) in [6.45, 7) is 13.2. The molecule has 12 aromatic rings. The molecule has 20 nitrogen and oxygen atoms in total. The summed E-state index contributed by atoms with van der Waals surface area (Å²) in [4.78, 5) is 82.6. The monoisotopic (exact) mass is 1470 g/mol. The normalized spacial score (nSPS) is 13.7. The zero-order chi connectivity index (χ0) is 69.8. The van der Waals surface area contributed by atoms with E-state index in [1.165, 1.54) is 9.75 Å². The maximum Gasteiger partial charge on any atom is 0.306 e. The fourth-order valence-electron chi connectivity index (χ4n) is 11.6. The average molecular weight is 1470 g/mol. The molecule has 2 amide bonds. The molecule has 0 aliphatic carbocycles. The Morgan fingerprint density at radius 2 is 1.04 bits per heavy atom. The molecule has 99 heavy (non-hydrogen) atoms. The Labute approximate surface area is 604 Å². The zero-order valence-corrected chi connectivity index (χ0v) is 61.3. The molecule has 2 atom stereocenters. The van der Waals surface area contributed by atoms with Crippen LogP contribution in [0, 0.1) is 41.5 Å². The van der Waals surface area contributed by atoms with E-state index in [1.54, 1.807) is 93.7 Å². The van der Waals surface area contributed by atoms with Crippen LogP contribution in [-0.2, 0) is 28.9 Å². The van der Waals surface area contributed by atoms with E-state index in [1.807, 2.05) is 127 Å². The first-order chi connectivity index (χ1) is 47.7. The number of nitrogens with zero attached hydrogens (tertiary/aromatic N) is 12. The first-order valence-electron chi connectivity index (χ1n) is 31.2. The second-order valence-electron chi connectivity index (χ2n) is 23.3. The van der Waals surface area contributed by atoms with Crippen LogP contribution in [0.5, 0.6) is 0 Å². The van der Waals surface area contributed by atoms with Crippen molar-refractivity contribution in [2.75, 3.05) is 31.3 Å². The molecule has 0 saturated heterocycles. The molecule has 5 N–H and O–H groups in total. The third-order valence-electron chi connectivity index (χ3n) is 16.7. The molecule has 14 rings (SSSR count). The van der Waals surface area contributed by atoms with Crippen LogP contribution in [0.4, 0.5) is 5.69 Å². The molecule has 4 aromatic carbocycles. The van der Waals surface area contributed by atoms with Crippen LogP contribution >= 0.6 is 92.1 Å². The van der Waals surface area contributed by atoms with Crippen LogP contribution in [0.1, 0.15) is 128 Å². The van der Waals surface area contributed by atoms with Crippen molar-refractivity contribution in [3.63, 3.8) is 0 Å². The molecule has 28 heteroatoms. The van der Waals surface area contributed by atoms with Gasteiger partial charge >= 0.3 is 5.97 Å². The molecule has 0 bridgehead atoms. The van der Waals surface area contributed by atoms with Crippen molar-refractivity contribution in [3.05, 3.63) is 224 Å². The summed E-state index contributed by atoms with van der Waals surface area (Å²) in [6, 6.07) is 25.3. The number of aryl methyl sites for hydroxylation is 4. The van der Waals surface area contributed by atoms with Gasteiger partial charge in [-0.15, -0.1) is 89.3 Å². The smallest absolute Gasteiger partial charge is 0.306 e. The first kappa shape index (κ1) is 70.0. The predicted molar refractivity (Wildman–Crippen MR) is 400 cm³/mol. The number of nitrogens with one attached hydrogen (secondary N) is 2. The number of hydrogen-bond donors (Lipinski definition) is 4. The van der Waals surface area contributed by atoms with Gasteiger partial charge in [-0.05, 0) is 131 Å². The summed E-state index contributed by atoms with van der Waals surface area (Å²) >= 11 is 21.9. The Kier molecular flexibility index (Phi) is 21.7. The minimum absolute atomic E-state index is 0.0185.